The van der Waals surface area contributed by atoms with E-state index >= 15 is 0 Å². The van der Waals surface area contributed by atoms with Gasteiger partial charge in [-0.25, -0.2) is 8.78 Å². The lowest BCUT2D eigenvalue weighted by Gasteiger charge is -2.47. The number of aliphatic carboxylic acids is 1. The number of hydrogen-bond acceptors (Lipinski definition) is 6. The molecule has 1 saturated heterocycles. The van der Waals surface area contributed by atoms with Gasteiger partial charge >= 0.3 is 5.97 Å². The summed E-state index contributed by atoms with van der Waals surface area (Å²) in [5, 5.41) is 20.8. The van der Waals surface area contributed by atoms with E-state index in [9.17, 15) is 28.3 Å². The van der Waals surface area contributed by atoms with Crippen molar-refractivity contribution in [2.45, 2.75) is 17.4 Å². The van der Waals surface area contributed by atoms with Crippen LogP contribution in [0.2, 0.25) is 0 Å². The topological polar surface area (TPSA) is 116 Å². The fourth-order valence-corrected chi connectivity index (χ4v) is 5.25. The number of aliphatic hydroxyl groups is 1. The molecule has 38 heavy (non-hydrogen) atoms. The highest BCUT2D eigenvalue weighted by atomic mass is 32.2. The van der Waals surface area contributed by atoms with Crippen molar-refractivity contribution in [1.82, 2.24) is 5.32 Å². The molecule has 8 nitrogen and oxygen atoms in total. The molecule has 0 radical (unpaired) electrons. The smallest absolute Gasteiger partial charge is 0.322 e. The van der Waals surface area contributed by atoms with Crippen molar-refractivity contribution in [3.05, 3.63) is 95.6 Å². The van der Waals surface area contributed by atoms with Crippen molar-refractivity contribution in [1.29, 1.82) is 0 Å². The van der Waals surface area contributed by atoms with E-state index < -0.39 is 47.5 Å². The third-order valence-electron chi connectivity index (χ3n) is 5.87. The van der Waals surface area contributed by atoms with Crippen LogP contribution in [0, 0.1) is 11.6 Å². The second-order valence-electron chi connectivity index (χ2n) is 8.48. The molecule has 0 spiro atoms. The number of thioether (sulfide) groups is 1. The van der Waals surface area contributed by atoms with Gasteiger partial charge in [0.1, 0.15) is 29.2 Å². The van der Waals surface area contributed by atoms with Crippen molar-refractivity contribution < 1.29 is 38.1 Å². The van der Waals surface area contributed by atoms with E-state index in [1.165, 1.54) is 60.3 Å². The van der Waals surface area contributed by atoms with Gasteiger partial charge in [0.2, 0.25) is 5.91 Å². The summed E-state index contributed by atoms with van der Waals surface area (Å²) in [4.78, 5) is 36.9. The van der Waals surface area contributed by atoms with Gasteiger partial charge in [0.15, 0.2) is 6.61 Å². The first kappa shape index (κ1) is 27.1. The van der Waals surface area contributed by atoms with E-state index in [1.807, 2.05) is 0 Å². The molecule has 1 aliphatic rings. The van der Waals surface area contributed by atoms with Gasteiger partial charge in [0.05, 0.1) is 12.1 Å². The Morgan fingerprint density at radius 3 is 2.18 bits per heavy atom. The number of aliphatic hydroxyl groups excluding tert-OH is 1. The number of carbonyl (C=O) groups excluding carboxylic acids is 2. The Bertz CT molecular complexity index is 1290. The first-order valence-electron chi connectivity index (χ1n) is 11.6. The summed E-state index contributed by atoms with van der Waals surface area (Å²) < 4.78 is 32.1. The zero-order valence-corrected chi connectivity index (χ0v) is 20.7. The molecular weight excluding hydrogens is 518 g/mol. The number of amides is 2. The molecule has 0 aliphatic carbocycles. The van der Waals surface area contributed by atoms with E-state index in [4.69, 9.17) is 9.84 Å². The van der Waals surface area contributed by atoms with Crippen molar-refractivity contribution >= 4 is 35.2 Å². The third-order valence-corrected chi connectivity index (χ3v) is 7.19. The van der Waals surface area contributed by atoms with Gasteiger partial charge in [-0.3, -0.25) is 14.4 Å². The van der Waals surface area contributed by atoms with Gasteiger partial charge in [-0.05, 0) is 59.7 Å². The minimum Gasteiger partial charge on any atom is -0.484 e. The average molecular weight is 543 g/mol. The van der Waals surface area contributed by atoms with Gasteiger partial charge in [0.25, 0.3) is 5.91 Å². The van der Waals surface area contributed by atoms with Crippen LogP contribution in [0.1, 0.15) is 23.3 Å². The molecule has 3 aromatic carbocycles. The summed E-state index contributed by atoms with van der Waals surface area (Å²) in [7, 11) is 0. The van der Waals surface area contributed by atoms with E-state index in [2.05, 4.69) is 5.32 Å². The Morgan fingerprint density at radius 2 is 1.58 bits per heavy atom. The Kier molecular flexibility index (Phi) is 8.59. The van der Waals surface area contributed by atoms with Crippen molar-refractivity contribution in [2.24, 2.45) is 0 Å². The lowest BCUT2D eigenvalue weighted by molar-refractivity contribution is -0.138. The first-order valence-corrected chi connectivity index (χ1v) is 12.6. The number of carboxylic acid groups (broad SMARTS) is 1. The molecule has 3 aromatic rings. The standard InChI is InChI=1S/C27H24F2N2O6S/c28-18-5-1-16(2-6-18)22(32)15-38-26-25(31(27(26)36)20-9-7-19(29)8-10-20)17-3-11-21(12-4-17)37-14-23(33)30-13-24(34)35/h1-12,22,25-26,32H,13-15H2,(H,30,33)(H,34,35)/t22-,25+,26+/m0/s1. The summed E-state index contributed by atoms with van der Waals surface area (Å²) in [5.74, 6) is -2.22. The number of nitrogens with zero attached hydrogens (tertiary/aromatic N) is 1. The monoisotopic (exact) mass is 542 g/mol. The SMILES string of the molecule is O=C(O)CNC(=O)COc1ccc([C@@H]2[C@@H](SC[C@H](O)c3ccc(F)cc3)C(=O)N2c2ccc(F)cc2)cc1. The number of nitrogens with one attached hydrogen (secondary N) is 1. The van der Waals surface area contributed by atoms with Crippen molar-refractivity contribution in [3.63, 3.8) is 0 Å². The highest BCUT2D eigenvalue weighted by Crippen LogP contribution is 2.46. The lowest BCUT2D eigenvalue weighted by Crippen LogP contribution is -2.57. The molecule has 0 unspecified atom stereocenters. The number of β-lactam (4-membered cyclic amide) rings is 1. The molecular formula is C27H24F2N2O6S. The average Bonchev–Trinajstić information content (AvgIpc) is 2.91. The second-order valence-corrected chi connectivity index (χ2v) is 9.65. The quantitative estimate of drug-likeness (QED) is 0.318. The van der Waals surface area contributed by atoms with Crippen LogP contribution in [-0.2, 0) is 14.4 Å². The maximum atomic E-state index is 13.5. The predicted octanol–water partition coefficient (Wildman–Crippen LogP) is 3.47. The van der Waals surface area contributed by atoms with Crippen LogP contribution in [0.3, 0.4) is 0 Å². The zero-order chi connectivity index (χ0) is 27.2. The lowest BCUT2D eigenvalue weighted by atomic mass is 9.92. The molecule has 3 N–H and O–H groups in total. The molecule has 0 aromatic heterocycles. The molecule has 0 saturated carbocycles. The Morgan fingerprint density at radius 1 is 0.974 bits per heavy atom. The molecule has 0 bridgehead atoms. The zero-order valence-electron chi connectivity index (χ0n) is 19.9. The maximum Gasteiger partial charge on any atom is 0.322 e. The molecule has 11 heteroatoms. The first-order chi connectivity index (χ1) is 18.2. The van der Waals surface area contributed by atoms with Gasteiger partial charge in [-0.1, -0.05) is 24.3 Å². The number of ether oxygens (including phenoxy) is 1. The largest absolute Gasteiger partial charge is 0.484 e. The van der Waals surface area contributed by atoms with Crippen LogP contribution >= 0.6 is 11.8 Å². The van der Waals surface area contributed by atoms with Crippen LogP contribution in [0.25, 0.3) is 0 Å². The van der Waals surface area contributed by atoms with Crippen LogP contribution in [0.5, 0.6) is 5.75 Å². The normalized spacial score (nSPS) is 17.4. The van der Waals surface area contributed by atoms with Crippen molar-refractivity contribution in [2.75, 3.05) is 23.8 Å². The molecule has 1 aliphatic heterocycles. The Hall–Kier alpha value is -3.96. The highest BCUT2D eigenvalue weighted by Gasteiger charge is 2.49. The van der Waals surface area contributed by atoms with Crippen LogP contribution in [0.15, 0.2) is 72.8 Å². The maximum absolute atomic E-state index is 13.5. The molecule has 2 amide bonds. The van der Waals surface area contributed by atoms with E-state index in [0.717, 1.165) is 5.56 Å². The van der Waals surface area contributed by atoms with Gasteiger partial charge in [-0.15, -0.1) is 11.8 Å². The van der Waals surface area contributed by atoms with Gasteiger partial charge < -0.3 is 25.2 Å². The van der Waals surface area contributed by atoms with E-state index in [0.29, 0.717) is 17.0 Å². The molecule has 4 rings (SSSR count). The van der Waals surface area contributed by atoms with Crippen molar-refractivity contribution in [3.8, 4) is 5.75 Å². The minimum absolute atomic E-state index is 0.197. The van der Waals surface area contributed by atoms with Crippen LogP contribution < -0.4 is 15.0 Å². The third kappa shape index (κ3) is 6.48. The molecule has 198 valence electrons. The summed E-state index contributed by atoms with van der Waals surface area (Å²) >= 11 is 1.27. The number of halogens is 2. The highest BCUT2D eigenvalue weighted by molar-refractivity contribution is 8.00. The Balaban J connectivity index is 1.47. The molecule has 1 fully saturated rings. The number of anilines is 1. The minimum atomic E-state index is -1.17. The number of hydrogen-bond donors (Lipinski definition) is 3. The van der Waals surface area contributed by atoms with Gasteiger partial charge in [-0.2, -0.15) is 0 Å². The van der Waals surface area contributed by atoms with Crippen LogP contribution in [-0.4, -0.2) is 52.2 Å². The summed E-state index contributed by atoms with van der Waals surface area (Å²) in [6, 6.07) is 17.4. The Labute approximate surface area is 221 Å². The number of rotatable bonds is 11. The molecule has 3 atom stereocenters. The summed E-state index contributed by atoms with van der Waals surface area (Å²) in [5.41, 5.74) is 1.81. The van der Waals surface area contributed by atoms with Gasteiger partial charge in [0, 0.05) is 11.4 Å². The fraction of sp³-hybridized carbons (Fsp3) is 0.222. The number of benzene rings is 3. The number of carboxylic acids is 1. The summed E-state index contributed by atoms with van der Waals surface area (Å²) in [6.07, 6.45) is -0.906. The predicted molar refractivity (Wildman–Crippen MR) is 137 cm³/mol. The molecule has 1 heterocycles. The fourth-order valence-electron chi connectivity index (χ4n) is 3.95. The van der Waals surface area contributed by atoms with Crippen LogP contribution in [0.4, 0.5) is 14.5 Å². The number of carbonyl (C=O) groups is 3. The second kappa shape index (κ2) is 12.1. The summed E-state index contributed by atoms with van der Waals surface area (Å²) in [6.45, 7) is -0.874. The van der Waals surface area contributed by atoms with E-state index in [-0.39, 0.29) is 18.3 Å². The van der Waals surface area contributed by atoms with E-state index in [1.54, 1.807) is 29.2 Å².